The van der Waals surface area contributed by atoms with Crippen LogP contribution in [0.4, 0.5) is 10.6 Å². The number of aromatic amines is 1. The zero-order valence-electron chi connectivity index (χ0n) is 15.7. The van der Waals surface area contributed by atoms with E-state index in [2.05, 4.69) is 25.8 Å². The molecule has 1 saturated carbocycles. The first kappa shape index (κ1) is 19.3. The molecule has 1 fully saturated rings. The smallest absolute Gasteiger partial charge is 0.407 e. The van der Waals surface area contributed by atoms with Gasteiger partial charge in [-0.1, -0.05) is 0 Å². The van der Waals surface area contributed by atoms with Crippen LogP contribution in [0.1, 0.15) is 54.6 Å². The Hall–Kier alpha value is -2.42. The van der Waals surface area contributed by atoms with Crippen molar-refractivity contribution in [1.29, 1.82) is 0 Å². The number of aryl methyl sites for hydroxylation is 1. The van der Waals surface area contributed by atoms with Crippen LogP contribution in [0.2, 0.25) is 0 Å². The van der Waals surface area contributed by atoms with Crippen LogP contribution >= 0.6 is 11.3 Å². The number of carbonyl (C=O) groups is 2. The number of amides is 2. The number of H-pyrrole nitrogens is 1. The highest BCUT2D eigenvalue weighted by molar-refractivity contribution is 7.11. The molecule has 0 saturated heterocycles. The molecule has 3 rings (SSSR count). The maximum absolute atomic E-state index is 12.1. The lowest BCUT2D eigenvalue weighted by Gasteiger charge is -2.14. The highest BCUT2D eigenvalue weighted by atomic mass is 32.1. The molecule has 2 unspecified atom stereocenters. The van der Waals surface area contributed by atoms with Gasteiger partial charge in [0.05, 0.1) is 11.4 Å². The molecule has 2 amide bonds. The largest absolute Gasteiger partial charge is 0.446 e. The Bertz CT molecular complexity index is 801. The summed E-state index contributed by atoms with van der Waals surface area (Å²) >= 11 is 1.51. The SMILES string of the molecule is Cc1ncc(CC(=O)Nc2cc(C3CCC(OC(=O)NC(C)C)C3)[nH]n2)s1. The van der Waals surface area contributed by atoms with Crippen molar-refractivity contribution in [2.45, 2.75) is 64.5 Å². The summed E-state index contributed by atoms with van der Waals surface area (Å²) in [4.78, 5) is 28.9. The molecule has 3 N–H and O–H groups in total. The average molecular weight is 391 g/mol. The van der Waals surface area contributed by atoms with E-state index < -0.39 is 0 Å². The van der Waals surface area contributed by atoms with E-state index in [1.54, 1.807) is 6.20 Å². The van der Waals surface area contributed by atoms with Crippen molar-refractivity contribution in [3.8, 4) is 0 Å². The lowest BCUT2D eigenvalue weighted by atomic mass is 10.0. The monoisotopic (exact) mass is 391 g/mol. The van der Waals surface area contributed by atoms with E-state index >= 15 is 0 Å². The Morgan fingerprint density at radius 2 is 2.22 bits per heavy atom. The number of thiazole rings is 1. The maximum Gasteiger partial charge on any atom is 0.407 e. The Morgan fingerprint density at radius 3 is 2.93 bits per heavy atom. The molecule has 8 nitrogen and oxygen atoms in total. The Labute approximate surface area is 162 Å². The van der Waals surface area contributed by atoms with E-state index in [0.717, 1.165) is 34.8 Å². The molecule has 2 aromatic heterocycles. The van der Waals surface area contributed by atoms with Gasteiger partial charge in [-0.3, -0.25) is 9.89 Å². The summed E-state index contributed by atoms with van der Waals surface area (Å²) in [5.74, 6) is 0.636. The van der Waals surface area contributed by atoms with Crippen LogP contribution in [0.3, 0.4) is 0 Å². The zero-order chi connectivity index (χ0) is 19.4. The molecule has 0 spiro atoms. The number of ether oxygens (including phenoxy) is 1. The summed E-state index contributed by atoms with van der Waals surface area (Å²) in [6, 6.07) is 1.92. The van der Waals surface area contributed by atoms with Crippen LogP contribution in [0.25, 0.3) is 0 Å². The van der Waals surface area contributed by atoms with Gasteiger partial charge in [0, 0.05) is 34.8 Å². The molecule has 0 aromatic carbocycles. The molecule has 1 aliphatic carbocycles. The summed E-state index contributed by atoms with van der Waals surface area (Å²) in [6.45, 7) is 5.71. The first-order valence-corrected chi connectivity index (χ1v) is 9.94. The number of hydrogen-bond donors (Lipinski definition) is 3. The van der Waals surface area contributed by atoms with Gasteiger partial charge in [-0.05, 0) is 40.0 Å². The fourth-order valence-electron chi connectivity index (χ4n) is 3.19. The molecule has 146 valence electrons. The predicted octanol–water partition coefficient (Wildman–Crippen LogP) is 3.13. The average Bonchev–Trinajstić information content (AvgIpc) is 3.28. The maximum atomic E-state index is 12.1. The van der Waals surface area contributed by atoms with E-state index in [1.165, 1.54) is 11.3 Å². The molecule has 1 aliphatic rings. The Balaban J connectivity index is 1.49. The molecule has 0 aliphatic heterocycles. The van der Waals surface area contributed by atoms with Crippen LogP contribution in [0.5, 0.6) is 0 Å². The molecular weight excluding hydrogens is 366 g/mol. The standard InChI is InChI=1S/C18H25N5O3S/c1-10(2)20-18(25)26-13-5-4-12(6-13)15-8-16(23-22-15)21-17(24)7-14-9-19-11(3)27-14/h8-10,12-13H,4-7H2,1-3H3,(H,20,25)(H2,21,22,23,24). The molecular formula is C18H25N5O3S. The molecule has 2 atom stereocenters. The number of alkyl carbamates (subject to hydrolysis) is 1. The molecule has 2 heterocycles. The third-order valence-electron chi connectivity index (χ3n) is 4.37. The second-order valence-electron chi connectivity index (χ2n) is 7.12. The van der Waals surface area contributed by atoms with Crippen LogP contribution in [0, 0.1) is 6.92 Å². The minimum absolute atomic E-state index is 0.0577. The van der Waals surface area contributed by atoms with Gasteiger partial charge < -0.3 is 15.4 Å². The van der Waals surface area contributed by atoms with Gasteiger partial charge in [0.15, 0.2) is 5.82 Å². The number of nitrogens with one attached hydrogen (secondary N) is 3. The Morgan fingerprint density at radius 1 is 1.41 bits per heavy atom. The fraction of sp³-hybridized carbons (Fsp3) is 0.556. The van der Waals surface area contributed by atoms with E-state index in [-0.39, 0.29) is 36.5 Å². The summed E-state index contributed by atoms with van der Waals surface area (Å²) in [5.41, 5.74) is 0.953. The number of hydrogen-bond acceptors (Lipinski definition) is 6. The highest BCUT2D eigenvalue weighted by Crippen LogP contribution is 2.35. The second kappa shape index (κ2) is 8.51. The number of aromatic nitrogens is 3. The van der Waals surface area contributed by atoms with Crippen molar-refractivity contribution < 1.29 is 14.3 Å². The van der Waals surface area contributed by atoms with E-state index in [9.17, 15) is 9.59 Å². The van der Waals surface area contributed by atoms with Gasteiger partial charge in [0.1, 0.15) is 6.10 Å². The van der Waals surface area contributed by atoms with Crippen LogP contribution in [0.15, 0.2) is 12.3 Å². The van der Waals surface area contributed by atoms with Crippen molar-refractivity contribution in [2.24, 2.45) is 0 Å². The quantitative estimate of drug-likeness (QED) is 0.701. The lowest BCUT2D eigenvalue weighted by Crippen LogP contribution is -2.33. The van der Waals surface area contributed by atoms with Crippen molar-refractivity contribution in [2.75, 3.05) is 5.32 Å². The first-order valence-electron chi connectivity index (χ1n) is 9.12. The topological polar surface area (TPSA) is 109 Å². The normalized spacial score (nSPS) is 19.3. The van der Waals surface area contributed by atoms with E-state index in [4.69, 9.17) is 4.74 Å². The zero-order valence-corrected chi connectivity index (χ0v) is 16.6. The van der Waals surface area contributed by atoms with Crippen molar-refractivity contribution in [3.63, 3.8) is 0 Å². The second-order valence-corrected chi connectivity index (χ2v) is 8.43. The molecule has 0 bridgehead atoms. The summed E-state index contributed by atoms with van der Waals surface area (Å²) < 4.78 is 5.45. The summed E-state index contributed by atoms with van der Waals surface area (Å²) in [5, 5.41) is 13.7. The number of anilines is 1. The summed E-state index contributed by atoms with van der Waals surface area (Å²) in [7, 11) is 0. The van der Waals surface area contributed by atoms with Gasteiger partial charge in [0.2, 0.25) is 5.91 Å². The molecule has 27 heavy (non-hydrogen) atoms. The number of rotatable bonds is 6. The predicted molar refractivity (Wildman–Crippen MR) is 103 cm³/mol. The fourth-order valence-corrected chi connectivity index (χ4v) is 3.99. The molecule has 2 aromatic rings. The molecule has 9 heteroatoms. The van der Waals surface area contributed by atoms with Crippen LogP contribution in [-0.4, -0.2) is 39.3 Å². The number of carbonyl (C=O) groups excluding carboxylic acids is 2. The number of nitrogens with zero attached hydrogens (tertiary/aromatic N) is 2. The molecule has 0 radical (unpaired) electrons. The minimum Gasteiger partial charge on any atom is -0.446 e. The van der Waals surface area contributed by atoms with Crippen LogP contribution < -0.4 is 10.6 Å². The van der Waals surface area contributed by atoms with Gasteiger partial charge in [-0.25, -0.2) is 9.78 Å². The van der Waals surface area contributed by atoms with Gasteiger partial charge in [-0.15, -0.1) is 11.3 Å². The first-order chi connectivity index (χ1) is 12.9. The van der Waals surface area contributed by atoms with E-state index in [1.807, 2.05) is 26.8 Å². The highest BCUT2D eigenvalue weighted by Gasteiger charge is 2.30. The van der Waals surface area contributed by atoms with Crippen LogP contribution in [-0.2, 0) is 16.0 Å². The third-order valence-corrected chi connectivity index (χ3v) is 5.29. The van der Waals surface area contributed by atoms with Gasteiger partial charge in [0.25, 0.3) is 0 Å². The summed E-state index contributed by atoms with van der Waals surface area (Å²) in [6.07, 6.45) is 4.04. The van der Waals surface area contributed by atoms with Gasteiger partial charge >= 0.3 is 6.09 Å². The van der Waals surface area contributed by atoms with E-state index in [0.29, 0.717) is 5.82 Å². The van der Waals surface area contributed by atoms with Crippen molar-refractivity contribution >= 4 is 29.2 Å². The van der Waals surface area contributed by atoms with Crippen molar-refractivity contribution in [1.82, 2.24) is 20.5 Å². The van der Waals surface area contributed by atoms with Gasteiger partial charge in [-0.2, -0.15) is 5.10 Å². The van der Waals surface area contributed by atoms with Crippen molar-refractivity contribution in [3.05, 3.63) is 27.8 Å². The Kier molecular flexibility index (Phi) is 6.10. The minimum atomic E-state index is -0.369. The third kappa shape index (κ3) is 5.53. The lowest BCUT2D eigenvalue weighted by molar-refractivity contribution is -0.115.